The smallest absolute Gasteiger partial charge is 0.406 e. The number of nitrogens with one attached hydrogen (secondary N) is 2. The first-order valence-electron chi connectivity index (χ1n) is 9.05. The second-order valence-electron chi connectivity index (χ2n) is 8.26. The van der Waals surface area contributed by atoms with Crippen molar-refractivity contribution in [3.05, 3.63) is 41.1 Å². The molecule has 0 aliphatic carbocycles. The van der Waals surface area contributed by atoms with Crippen LogP contribution in [-0.2, 0) is 20.5 Å². The molecule has 1 atom stereocenters. The molecule has 7 nitrogen and oxygen atoms in total. The molecule has 0 saturated carbocycles. The minimum absolute atomic E-state index is 0.157. The summed E-state index contributed by atoms with van der Waals surface area (Å²) in [6, 6.07) is 5.53. The van der Waals surface area contributed by atoms with Crippen molar-refractivity contribution in [2.75, 3.05) is 10.6 Å². The molecule has 0 radical (unpaired) electrons. The van der Waals surface area contributed by atoms with E-state index in [0.29, 0.717) is 0 Å². The molecule has 156 valence electrons. The van der Waals surface area contributed by atoms with Crippen LogP contribution < -0.4 is 15.4 Å². The molecule has 2 aromatic rings. The summed E-state index contributed by atoms with van der Waals surface area (Å²) in [6.45, 7) is 5.58. The molecule has 1 aromatic carbocycles. The Morgan fingerprint density at radius 3 is 2.50 bits per heavy atom. The van der Waals surface area contributed by atoms with Gasteiger partial charge in [0, 0.05) is 35.0 Å². The number of amides is 2. The number of anilines is 2. The van der Waals surface area contributed by atoms with Crippen LogP contribution >= 0.6 is 0 Å². The Morgan fingerprint density at radius 1 is 1.20 bits per heavy atom. The average molecular weight is 418 g/mol. The van der Waals surface area contributed by atoms with E-state index in [9.17, 15) is 28.0 Å². The molecule has 10 heteroatoms. The lowest BCUT2D eigenvalue weighted by molar-refractivity contribution is -0.274. The van der Waals surface area contributed by atoms with Crippen molar-refractivity contribution in [1.29, 1.82) is 5.26 Å². The predicted octanol–water partition coefficient (Wildman–Crippen LogP) is 3.59. The third-order valence-electron chi connectivity index (χ3n) is 5.28. The largest absolute Gasteiger partial charge is 0.573 e. The van der Waals surface area contributed by atoms with Gasteiger partial charge in [-0.05, 0) is 39.0 Å². The summed E-state index contributed by atoms with van der Waals surface area (Å²) in [6.07, 6.45) is -3.73. The molecule has 2 aliphatic rings. The van der Waals surface area contributed by atoms with E-state index in [1.165, 1.54) is 6.07 Å². The molecule has 1 aromatic heterocycles. The van der Waals surface area contributed by atoms with Crippen LogP contribution in [0.2, 0.25) is 0 Å². The molecular weight excluding hydrogens is 401 g/mol. The van der Waals surface area contributed by atoms with Crippen LogP contribution in [0.3, 0.4) is 0 Å². The van der Waals surface area contributed by atoms with Gasteiger partial charge in [-0.1, -0.05) is 0 Å². The summed E-state index contributed by atoms with van der Waals surface area (Å²) < 4.78 is 43.9. The van der Waals surface area contributed by atoms with E-state index in [-0.39, 0.29) is 34.6 Å². The van der Waals surface area contributed by atoms with E-state index in [4.69, 9.17) is 0 Å². The first-order valence-corrected chi connectivity index (χ1v) is 9.05. The molecule has 30 heavy (non-hydrogen) atoms. The van der Waals surface area contributed by atoms with Gasteiger partial charge in [-0.3, -0.25) is 9.59 Å². The van der Waals surface area contributed by atoms with Crippen molar-refractivity contribution in [3.8, 4) is 11.8 Å². The SMILES string of the molecule is CC(C)(C)n1cc(C#N)c2c1NC(=O)C[C@]21C(=O)Nc2ccc(OC(F)(F)F)cc21. The number of carbonyl (C=O) groups is 2. The van der Waals surface area contributed by atoms with Crippen LogP contribution in [0.5, 0.6) is 5.75 Å². The fourth-order valence-corrected chi connectivity index (χ4v) is 4.14. The highest BCUT2D eigenvalue weighted by Crippen LogP contribution is 2.53. The van der Waals surface area contributed by atoms with Gasteiger partial charge in [0.05, 0.1) is 5.56 Å². The van der Waals surface area contributed by atoms with Crippen molar-refractivity contribution < 1.29 is 27.5 Å². The molecule has 2 N–H and O–H groups in total. The second kappa shape index (κ2) is 6.01. The summed E-state index contributed by atoms with van der Waals surface area (Å²) in [7, 11) is 0. The third kappa shape index (κ3) is 2.81. The van der Waals surface area contributed by atoms with Crippen LogP contribution in [0.15, 0.2) is 24.4 Å². The van der Waals surface area contributed by atoms with Gasteiger partial charge in [-0.2, -0.15) is 5.26 Å². The molecular formula is C20H17F3N4O3. The van der Waals surface area contributed by atoms with Crippen LogP contribution in [-0.4, -0.2) is 22.7 Å². The lowest BCUT2D eigenvalue weighted by atomic mass is 9.70. The van der Waals surface area contributed by atoms with Crippen molar-refractivity contribution in [3.63, 3.8) is 0 Å². The zero-order chi connectivity index (χ0) is 22.1. The molecule has 0 bridgehead atoms. The Bertz CT molecular complexity index is 1140. The Balaban J connectivity index is 2.01. The van der Waals surface area contributed by atoms with Crippen molar-refractivity contribution >= 4 is 23.3 Å². The van der Waals surface area contributed by atoms with E-state index in [0.717, 1.165) is 12.1 Å². The monoisotopic (exact) mass is 418 g/mol. The Labute approximate surface area is 169 Å². The van der Waals surface area contributed by atoms with Crippen molar-refractivity contribution in [2.45, 2.75) is 44.5 Å². The highest BCUT2D eigenvalue weighted by molar-refractivity contribution is 6.15. The minimum atomic E-state index is -4.92. The van der Waals surface area contributed by atoms with E-state index >= 15 is 0 Å². The van der Waals surface area contributed by atoms with E-state index < -0.39 is 34.9 Å². The molecule has 3 heterocycles. The molecule has 0 fully saturated rings. The number of nitrogens with zero attached hydrogens (tertiary/aromatic N) is 2. The van der Waals surface area contributed by atoms with Gasteiger partial charge in [0.25, 0.3) is 0 Å². The zero-order valence-corrected chi connectivity index (χ0v) is 16.3. The number of aromatic nitrogens is 1. The van der Waals surface area contributed by atoms with E-state index in [1.807, 2.05) is 20.8 Å². The number of alkyl halides is 3. The number of rotatable bonds is 1. The zero-order valence-electron chi connectivity index (χ0n) is 16.3. The van der Waals surface area contributed by atoms with E-state index in [2.05, 4.69) is 21.4 Å². The standard InChI is InChI=1S/C20H17F3N4O3/c1-18(2,3)27-9-10(8-24)15-16(27)26-14(28)7-19(15)12-6-11(30-20(21,22)23)4-5-13(12)25-17(19)29/h4-6,9H,7H2,1-3H3,(H,25,29)(H,26,28)/t19-/m1/s1. The Kier molecular flexibility index (Phi) is 3.97. The van der Waals surface area contributed by atoms with Crippen molar-refractivity contribution in [1.82, 2.24) is 4.57 Å². The minimum Gasteiger partial charge on any atom is -0.406 e. The number of ether oxygens (including phenoxy) is 1. The van der Waals surface area contributed by atoms with Gasteiger partial charge < -0.3 is 19.9 Å². The summed E-state index contributed by atoms with van der Waals surface area (Å²) in [5.41, 5.74) is -1.33. The van der Waals surface area contributed by atoms with Crippen LogP contribution in [0.25, 0.3) is 0 Å². The summed E-state index contributed by atoms with van der Waals surface area (Å²) in [5, 5.41) is 15.1. The number of carbonyl (C=O) groups excluding carboxylic acids is 2. The number of hydrogen-bond acceptors (Lipinski definition) is 4. The molecule has 2 amide bonds. The number of nitriles is 1. The van der Waals surface area contributed by atoms with Gasteiger partial charge in [-0.25, -0.2) is 0 Å². The summed E-state index contributed by atoms with van der Waals surface area (Å²) >= 11 is 0. The lowest BCUT2D eigenvalue weighted by Crippen LogP contribution is -2.44. The average Bonchev–Trinajstić information content (AvgIpc) is 3.10. The molecule has 0 unspecified atom stereocenters. The lowest BCUT2D eigenvalue weighted by Gasteiger charge is -2.34. The molecule has 0 saturated heterocycles. The van der Waals surface area contributed by atoms with Gasteiger partial charge in [0.1, 0.15) is 23.1 Å². The highest BCUT2D eigenvalue weighted by atomic mass is 19.4. The fraction of sp³-hybridized carbons (Fsp3) is 0.350. The van der Waals surface area contributed by atoms with Crippen LogP contribution in [0, 0.1) is 11.3 Å². The maximum Gasteiger partial charge on any atom is 0.573 e. The van der Waals surface area contributed by atoms with Gasteiger partial charge in [0.2, 0.25) is 11.8 Å². The number of benzene rings is 1. The summed E-state index contributed by atoms with van der Waals surface area (Å²) in [5.74, 6) is -1.31. The highest BCUT2D eigenvalue weighted by Gasteiger charge is 2.56. The van der Waals surface area contributed by atoms with E-state index in [1.54, 1.807) is 10.8 Å². The maximum absolute atomic E-state index is 13.2. The van der Waals surface area contributed by atoms with Gasteiger partial charge in [-0.15, -0.1) is 13.2 Å². The first-order chi connectivity index (χ1) is 13.9. The quantitative estimate of drug-likeness (QED) is 0.740. The topological polar surface area (TPSA) is 96.2 Å². The van der Waals surface area contributed by atoms with Crippen molar-refractivity contribution in [2.24, 2.45) is 0 Å². The fourth-order valence-electron chi connectivity index (χ4n) is 4.14. The Morgan fingerprint density at radius 2 is 1.90 bits per heavy atom. The molecule has 2 aliphatic heterocycles. The molecule has 4 rings (SSSR count). The van der Waals surface area contributed by atoms with Crippen LogP contribution in [0.1, 0.15) is 43.9 Å². The summed E-state index contributed by atoms with van der Waals surface area (Å²) in [4.78, 5) is 25.8. The number of halogens is 3. The van der Waals surface area contributed by atoms with Gasteiger partial charge in [0.15, 0.2) is 0 Å². The predicted molar refractivity (Wildman–Crippen MR) is 99.9 cm³/mol. The Hall–Kier alpha value is -3.48. The maximum atomic E-state index is 13.2. The van der Waals surface area contributed by atoms with Gasteiger partial charge >= 0.3 is 6.36 Å². The third-order valence-corrected chi connectivity index (χ3v) is 5.28. The molecule has 1 spiro atoms. The number of hydrogen-bond donors (Lipinski definition) is 2. The second-order valence-corrected chi connectivity index (χ2v) is 8.26. The van der Waals surface area contributed by atoms with Crippen LogP contribution in [0.4, 0.5) is 24.7 Å². The normalized spacial score (nSPS) is 20.3. The first kappa shape index (κ1) is 19.8. The number of fused-ring (bicyclic) bond motifs is 4.